The molecule has 2 aromatic carbocycles. The summed E-state index contributed by atoms with van der Waals surface area (Å²) in [5, 5.41) is 19.4. The first kappa shape index (κ1) is 14.7. The normalized spacial score (nSPS) is 11.0. The highest BCUT2D eigenvalue weighted by atomic mass is 35.5. The number of nitrogens with zero attached hydrogens (tertiary/aromatic N) is 3. The largest absolute Gasteiger partial charge is 0.304 e. The van der Waals surface area contributed by atoms with Crippen LogP contribution in [0.1, 0.15) is 16.7 Å². The number of aromatic nitrogens is 2. The van der Waals surface area contributed by atoms with E-state index in [-0.39, 0.29) is 21.7 Å². The van der Waals surface area contributed by atoms with Gasteiger partial charge >= 0.3 is 5.69 Å². The predicted octanol–water partition coefficient (Wildman–Crippen LogP) is 4.34. The first-order valence-electron chi connectivity index (χ1n) is 6.30. The lowest BCUT2D eigenvalue weighted by atomic mass is 9.99. The Morgan fingerprint density at radius 1 is 1.18 bits per heavy atom. The Bertz CT molecular complexity index is 892. The molecule has 0 bridgehead atoms. The van der Waals surface area contributed by atoms with Crippen molar-refractivity contribution in [2.45, 2.75) is 13.3 Å². The molecule has 0 N–H and O–H groups in total. The smallest absolute Gasteiger partial charge is 0.258 e. The lowest BCUT2D eigenvalue weighted by molar-refractivity contribution is -0.383. The van der Waals surface area contributed by atoms with Crippen molar-refractivity contribution >= 4 is 39.9 Å². The fraction of sp³-hybridized carbons (Fsp3) is 0.143. The van der Waals surface area contributed by atoms with Crippen molar-refractivity contribution in [1.29, 1.82) is 0 Å². The van der Waals surface area contributed by atoms with E-state index >= 15 is 0 Å². The molecule has 0 aliphatic rings. The number of hydrogen-bond donors (Lipinski definition) is 0. The molecule has 112 valence electrons. The van der Waals surface area contributed by atoms with E-state index in [1.54, 1.807) is 12.1 Å². The molecule has 0 fully saturated rings. The molecule has 0 radical (unpaired) electrons. The molecule has 22 heavy (non-hydrogen) atoms. The average molecular weight is 338 g/mol. The van der Waals surface area contributed by atoms with Crippen molar-refractivity contribution in [3.05, 3.63) is 61.1 Å². The van der Waals surface area contributed by atoms with Crippen LogP contribution in [0.4, 0.5) is 5.69 Å². The summed E-state index contributed by atoms with van der Waals surface area (Å²) in [5.74, 6) is 0. The summed E-state index contributed by atoms with van der Waals surface area (Å²) in [5.41, 5.74) is 2.37. The van der Waals surface area contributed by atoms with Gasteiger partial charge in [0.2, 0.25) is 5.52 Å². The summed E-state index contributed by atoms with van der Waals surface area (Å²) in [7, 11) is 0. The van der Waals surface area contributed by atoms with E-state index in [4.69, 9.17) is 23.2 Å². The Hall–Kier alpha value is -2.18. The zero-order valence-electron chi connectivity index (χ0n) is 11.3. The van der Waals surface area contributed by atoms with Crippen LogP contribution in [0.15, 0.2) is 28.9 Å². The average Bonchev–Trinajstić information content (AvgIpc) is 2.92. The molecular weight excluding hydrogens is 329 g/mol. The fourth-order valence-electron chi connectivity index (χ4n) is 2.32. The third-order valence-electron chi connectivity index (χ3n) is 3.42. The number of hydrogen-bond acceptors (Lipinski definition) is 5. The van der Waals surface area contributed by atoms with E-state index in [1.165, 1.54) is 6.07 Å². The summed E-state index contributed by atoms with van der Waals surface area (Å²) >= 11 is 12.1. The fourth-order valence-corrected chi connectivity index (χ4v) is 2.77. The van der Waals surface area contributed by atoms with E-state index in [9.17, 15) is 10.1 Å². The number of nitro benzene ring substituents is 1. The number of nitro groups is 1. The molecule has 6 nitrogen and oxygen atoms in total. The van der Waals surface area contributed by atoms with E-state index in [0.29, 0.717) is 17.0 Å². The Kier molecular flexibility index (Phi) is 3.72. The summed E-state index contributed by atoms with van der Waals surface area (Å²) in [4.78, 5) is 10.9. The Balaban J connectivity index is 2.19. The monoisotopic (exact) mass is 337 g/mol. The van der Waals surface area contributed by atoms with E-state index in [2.05, 4.69) is 14.9 Å². The van der Waals surface area contributed by atoms with Gasteiger partial charge in [0.15, 0.2) is 5.52 Å². The maximum absolute atomic E-state index is 11.4. The molecule has 0 saturated heterocycles. The van der Waals surface area contributed by atoms with Crippen LogP contribution in [0.3, 0.4) is 0 Å². The van der Waals surface area contributed by atoms with Crippen molar-refractivity contribution in [3.8, 4) is 0 Å². The molecule has 0 spiro atoms. The second-order valence-corrected chi connectivity index (χ2v) is 5.68. The van der Waals surface area contributed by atoms with Crippen molar-refractivity contribution in [2.24, 2.45) is 0 Å². The third-order valence-corrected chi connectivity index (χ3v) is 3.94. The van der Waals surface area contributed by atoms with Gasteiger partial charge in [-0.3, -0.25) is 10.1 Å². The van der Waals surface area contributed by atoms with Gasteiger partial charge in [-0.15, -0.1) is 0 Å². The number of halogens is 2. The zero-order valence-corrected chi connectivity index (χ0v) is 12.9. The van der Waals surface area contributed by atoms with Crippen LogP contribution in [0.25, 0.3) is 11.0 Å². The molecular formula is C14H9Cl2N3O3. The molecule has 1 aromatic heterocycles. The van der Waals surface area contributed by atoms with Crippen molar-refractivity contribution < 1.29 is 9.55 Å². The molecule has 3 rings (SSSR count). The standard InChI is InChI=1S/C14H9Cl2N3O3/c1-7-2-3-10(15)5-8(7)4-9-6-11(16)12-13(18-22-17-12)14(9)19(20)21/h2-3,5-6H,4H2,1H3. The lowest BCUT2D eigenvalue weighted by Crippen LogP contribution is -2.00. The van der Waals surface area contributed by atoms with Crippen molar-refractivity contribution in [1.82, 2.24) is 10.3 Å². The van der Waals surface area contributed by atoms with Gasteiger partial charge in [-0.2, -0.15) is 0 Å². The Labute approximate surface area is 134 Å². The topological polar surface area (TPSA) is 82.1 Å². The maximum Gasteiger partial charge on any atom is 0.304 e. The molecule has 0 amide bonds. The van der Waals surface area contributed by atoms with Crippen molar-refractivity contribution in [2.75, 3.05) is 0 Å². The van der Waals surface area contributed by atoms with Gasteiger partial charge in [0.25, 0.3) is 0 Å². The molecule has 8 heteroatoms. The maximum atomic E-state index is 11.4. The highest BCUT2D eigenvalue weighted by Crippen LogP contribution is 2.34. The first-order valence-corrected chi connectivity index (χ1v) is 7.06. The third kappa shape index (κ3) is 2.51. The van der Waals surface area contributed by atoms with Crippen LogP contribution < -0.4 is 0 Å². The molecule has 0 unspecified atom stereocenters. The van der Waals surface area contributed by atoms with Crippen molar-refractivity contribution in [3.63, 3.8) is 0 Å². The minimum atomic E-state index is -0.502. The first-order chi connectivity index (χ1) is 10.5. The molecule has 3 aromatic rings. The Morgan fingerprint density at radius 3 is 2.64 bits per heavy atom. The van der Waals surface area contributed by atoms with Crippen LogP contribution in [-0.4, -0.2) is 15.2 Å². The van der Waals surface area contributed by atoms with Crippen LogP contribution in [0, 0.1) is 17.0 Å². The minimum absolute atomic E-state index is 0.0483. The van der Waals surface area contributed by atoms with Crippen LogP contribution >= 0.6 is 23.2 Å². The number of rotatable bonds is 3. The summed E-state index contributed by atoms with van der Waals surface area (Å²) in [6.07, 6.45) is 0.311. The van der Waals surface area contributed by atoms with Gasteiger partial charge < -0.3 is 0 Å². The minimum Gasteiger partial charge on any atom is -0.258 e. The second-order valence-electron chi connectivity index (χ2n) is 4.83. The molecule has 0 saturated carbocycles. The molecule has 1 heterocycles. The molecule has 0 atom stereocenters. The van der Waals surface area contributed by atoms with Gasteiger partial charge in [-0.05, 0) is 46.6 Å². The SMILES string of the molecule is Cc1ccc(Cl)cc1Cc1cc(Cl)c2nonc2c1[N+](=O)[O-]. The van der Waals surface area contributed by atoms with Crippen LogP contribution in [0.5, 0.6) is 0 Å². The predicted molar refractivity (Wildman–Crippen MR) is 82.5 cm³/mol. The number of fused-ring (bicyclic) bond motifs is 1. The second kappa shape index (κ2) is 5.55. The van der Waals surface area contributed by atoms with Gasteiger partial charge in [0.1, 0.15) is 0 Å². The van der Waals surface area contributed by atoms with Gasteiger partial charge in [-0.1, -0.05) is 29.3 Å². The lowest BCUT2D eigenvalue weighted by Gasteiger charge is -2.08. The highest BCUT2D eigenvalue weighted by molar-refractivity contribution is 6.35. The summed E-state index contributed by atoms with van der Waals surface area (Å²) in [6, 6.07) is 6.93. The summed E-state index contributed by atoms with van der Waals surface area (Å²) in [6.45, 7) is 1.91. The Morgan fingerprint density at radius 2 is 1.91 bits per heavy atom. The van der Waals surface area contributed by atoms with Crippen LogP contribution in [0.2, 0.25) is 10.0 Å². The highest BCUT2D eigenvalue weighted by Gasteiger charge is 2.25. The molecule has 0 aliphatic heterocycles. The van der Waals surface area contributed by atoms with Crippen LogP contribution in [-0.2, 0) is 6.42 Å². The van der Waals surface area contributed by atoms with E-state index in [0.717, 1.165) is 11.1 Å². The molecule has 0 aliphatic carbocycles. The van der Waals surface area contributed by atoms with E-state index in [1.807, 2.05) is 13.0 Å². The zero-order chi connectivity index (χ0) is 15.9. The number of aryl methyl sites for hydroxylation is 1. The van der Waals surface area contributed by atoms with Gasteiger partial charge in [0.05, 0.1) is 9.95 Å². The summed E-state index contributed by atoms with van der Waals surface area (Å²) < 4.78 is 4.57. The number of benzene rings is 2. The van der Waals surface area contributed by atoms with Gasteiger partial charge in [-0.25, -0.2) is 4.63 Å². The van der Waals surface area contributed by atoms with E-state index < -0.39 is 4.92 Å². The quantitative estimate of drug-likeness (QED) is 0.524. The van der Waals surface area contributed by atoms with Gasteiger partial charge in [0, 0.05) is 17.0 Å².